The van der Waals surface area contributed by atoms with Crippen LogP contribution >= 0.6 is 23.2 Å². The van der Waals surface area contributed by atoms with Gasteiger partial charge in [-0.3, -0.25) is 14.9 Å². The Morgan fingerprint density at radius 2 is 1.85 bits per heavy atom. The minimum absolute atomic E-state index is 0.0102. The van der Waals surface area contributed by atoms with Gasteiger partial charge in [0.1, 0.15) is 0 Å². The normalized spacial score (nSPS) is 26.9. The highest BCUT2D eigenvalue weighted by Crippen LogP contribution is 2.27. The second kappa shape index (κ2) is 7.83. The van der Waals surface area contributed by atoms with Crippen molar-refractivity contribution < 1.29 is 14.7 Å². The predicted octanol–water partition coefficient (Wildman–Crippen LogP) is 1.42. The van der Waals surface area contributed by atoms with Crippen molar-refractivity contribution in [3.63, 3.8) is 0 Å². The van der Waals surface area contributed by atoms with Crippen LogP contribution in [0.15, 0.2) is 18.2 Å². The van der Waals surface area contributed by atoms with Crippen LogP contribution in [0.25, 0.3) is 0 Å². The minimum Gasteiger partial charge on any atom is -0.368 e. The van der Waals surface area contributed by atoms with Gasteiger partial charge in [0.2, 0.25) is 11.8 Å². The van der Waals surface area contributed by atoms with E-state index < -0.39 is 11.9 Å². The standard InChI is InChI=1S/C18H24Cl2N4O3/c1-11(10-18(2)16(26)21-17(27)22-18)15(25)24-5-3-23(4-6-24)14-8-12(19)7-13(20)9-14/h7-9,11,17,22,27H,3-6,10H2,1-2H3,(H,21,26). The number of piperazine rings is 1. The van der Waals surface area contributed by atoms with E-state index >= 15 is 0 Å². The number of hydrogen-bond acceptors (Lipinski definition) is 5. The van der Waals surface area contributed by atoms with E-state index in [0.717, 1.165) is 5.69 Å². The quantitative estimate of drug-likeness (QED) is 0.693. The van der Waals surface area contributed by atoms with Crippen molar-refractivity contribution in [3.8, 4) is 0 Å². The summed E-state index contributed by atoms with van der Waals surface area (Å²) in [5.74, 6) is -0.626. The summed E-state index contributed by atoms with van der Waals surface area (Å²) in [6, 6.07) is 5.42. The molecule has 2 aliphatic heterocycles. The highest BCUT2D eigenvalue weighted by Gasteiger charge is 2.44. The van der Waals surface area contributed by atoms with E-state index in [9.17, 15) is 14.7 Å². The number of halogens is 2. The van der Waals surface area contributed by atoms with Crippen LogP contribution < -0.4 is 15.5 Å². The fraction of sp³-hybridized carbons (Fsp3) is 0.556. The van der Waals surface area contributed by atoms with Crippen molar-refractivity contribution in [2.24, 2.45) is 5.92 Å². The van der Waals surface area contributed by atoms with Gasteiger partial charge in [0, 0.05) is 47.8 Å². The SMILES string of the molecule is CC(CC1(C)NC(O)NC1=O)C(=O)N1CCN(c2cc(Cl)cc(Cl)c2)CC1. The first-order chi connectivity index (χ1) is 12.7. The van der Waals surface area contributed by atoms with Gasteiger partial charge in [0.25, 0.3) is 0 Å². The molecule has 1 aromatic carbocycles. The van der Waals surface area contributed by atoms with Crippen molar-refractivity contribution in [3.05, 3.63) is 28.2 Å². The highest BCUT2D eigenvalue weighted by molar-refractivity contribution is 6.35. The topological polar surface area (TPSA) is 84.9 Å². The molecule has 27 heavy (non-hydrogen) atoms. The van der Waals surface area contributed by atoms with Crippen LogP contribution in [0.1, 0.15) is 20.3 Å². The summed E-state index contributed by atoms with van der Waals surface area (Å²) in [6.07, 6.45) is -0.753. The van der Waals surface area contributed by atoms with E-state index in [-0.39, 0.29) is 17.7 Å². The zero-order valence-electron chi connectivity index (χ0n) is 15.3. The fourth-order valence-electron chi connectivity index (χ4n) is 3.76. The number of amides is 2. The summed E-state index contributed by atoms with van der Waals surface area (Å²) < 4.78 is 0. The van der Waals surface area contributed by atoms with Crippen molar-refractivity contribution >= 4 is 40.7 Å². The number of rotatable bonds is 4. The first-order valence-corrected chi connectivity index (χ1v) is 9.70. The molecular weight excluding hydrogens is 391 g/mol. The third-order valence-corrected chi connectivity index (χ3v) is 5.60. The minimum atomic E-state index is -1.07. The first-order valence-electron chi connectivity index (χ1n) is 8.94. The summed E-state index contributed by atoms with van der Waals surface area (Å²) in [4.78, 5) is 28.8. The molecule has 7 nitrogen and oxygen atoms in total. The molecule has 0 aromatic heterocycles. The van der Waals surface area contributed by atoms with E-state index in [1.54, 1.807) is 13.0 Å². The zero-order chi connectivity index (χ0) is 19.8. The van der Waals surface area contributed by atoms with Gasteiger partial charge < -0.3 is 20.2 Å². The summed E-state index contributed by atoms with van der Waals surface area (Å²) in [7, 11) is 0. The van der Waals surface area contributed by atoms with Crippen LogP contribution in [0.5, 0.6) is 0 Å². The number of hydrogen-bond donors (Lipinski definition) is 3. The lowest BCUT2D eigenvalue weighted by Gasteiger charge is -2.38. The number of benzene rings is 1. The van der Waals surface area contributed by atoms with E-state index in [4.69, 9.17) is 23.2 Å². The first kappa shape index (κ1) is 20.2. The molecule has 3 unspecified atom stereocenters. The molecule has 3 N–H and O–H groups in total. The number of aliphatic hydroxyl groups is 1. The van der Waals surface area contributed by atoms with Gasteiger partial charge in [0.15, 0.2) is 6.35 Å². The van der Waals surface area contributed by atoms with E-state index in [1.807, 2.05) is 24.0 Å². The smallest absolute Gasteiger partial charge is 0.243 e. The van der Waals surface area contributed by atoms with Crippen LogP contribution in [-0.2, 0) is 9.59 Å². The Hall–Kier alpha value is -1.54. The molecule has 2 saturated heterocycles. The third kappa shape index (κ3) is 4.48. The summed E-state index contributed by atoms with van der Waals surface area (Å²) in [5, 5.41) is 15.9. The van der Waals surface area contributed by atoms with Crippen molar-refractivity contribution in [1.29, 1.82) is 0 Å². The fourth-order valence-corrected chi connectivity index (χ4v) is 4.27. The Labute approximate surface area is 168 Å². The molecule has 0 saturated carbocycles. The molecule has 3 rings (SSSR count). The van der Waals surface area contributed by atoms with Gasteiger partial charge in [0.05, 0.1) is 5.54 Å². The lowest BCUT2D eigenvalue weighted by Crippen LogP contribution is -2.52. The lowest BCUT2D eigenvalue weighted by atomic mass is 9.89. The average molecular weight is 415 g/mol. The van der Waals surface area contributed by atoms with Crippen LogP contribution in [0, 0.1) is 5.92 Å². The monoisotopic (exact) mass is 414 g/mol. The molecule has 0 radical (unpaired) electrons. The van der Waals surface area contributed by atoms with Crippen molar-refractivity contribution in [2.75, 3.05) is 31.1 Å². The maximum Gasteiger partial charge on any atom is 0.243 e. The maximum absolute atomic E-state index is 12.8. The molecule has 2 heterocycles. The van der Waals surface area contributed by atoms with E-state index in [0.29, 0.717) is 42.6 Å². The number of anilines is 1. The van der Waals surface area contributed by atoms with Crippen LogP contribution in [0.3, 0.4) is 0 Å². The Morgan fingerprint density at radius 3 is 2.37 bits per heavy atom. The Balaban J connectivity index is 1.57. The van der Waals surface area contributed by atoms with Crippen LogP contribution in [0.2, 0.25) is 10.0 Å². The molecule has 0 spiro atoms. The number of carbonyl (C=O) groups excluding carboxylic acids is 2. The zero-order valence-corrected chi connectivity index (χ0v) is 16.8. The maximum atomic E-state index is 12.8. The molecule has 148 valence electrons. The molecule has 2 fully saturated rings. The summed E-state index contributed by atoms with van der Waals surface area (Å²) in [6.45, 7) is 6.06. The van der Waals surface area contributed by atoms with E-state index in [1.165, 1.54) is 0 Å². The Bertz CT molecular complexity index is 719. The Morgan fingerprint density at radius 1 is 1.26 bits per heavy atom. The largest absolute Gasteiger partial charge is 0.368 e. The van der Waals surface area contributed by atoms with Gasteiger partial charge in [-0.1, -0.05) is 30.1 Å². The Kier molecular flexibility index (Phi) is 5.86. The molecule has 2 aliphatic rings. The van der Waals surface area contributed by atoms with Crippen molar-refractivity contribution in [1.82, 2.24) is 15.5 Å². The van der Waals surface area contributed by atoms with Gasteiger partial charge in [-0.05, 0) is 31.5 Å². The second-order valence-electron chi connectivity index (χ2n) is 7.40. The third-order valence-electron chi connectivity index (χ3n) is 5.16. The summed E-state index contributed by atoms with van der Waals surface area (Å²) in [5.41, 5.74) is -0.00520. The van der Waals surface area contributed by atoms with Gasteiger partial charge in [-0.25, -0.2) is 0 Å². The second-order valence-corrected chi connectivity index (χ2v) is 8.27. The van der Waals surface area contributed by atoms with E-state index in [2.05, 4.69) is 15.5 Å². The number of carbonyl (C=O) groups is 2. The highest BCUT2D eigenvalue weighted by atomic mass is 35.5. The van der Waals surface area contributed by atoms with Crippen molar-refractivity contribution in [2.45, 2.75) is 32.2 Å². The molecular formula is C18H24Cl2N4O3. The number of nitrogens with zero attached hydrogens (tertiary/aromatic N) is 2. The van der Waals surface area contributed by atoms with Gasteiger partial charge >= 0.3 is 0 Å². The van der Waals surface area contributed by atoms with Gasteiger partial charge in [-0.15, -0.1) is 0 Å². The molecule has 1 aromatic rings. The molecule has 9 heteroatoms. The van der Waals surface area contributed by atoms with Crippen LogP contribution in [-0.4, -0.2) is 59.9 Å². The molecule has 0 aliphatic carbocycles. The summed E-state index contributed by atoms with van der Waals surface area (Å²) >= 11 is 12.1. The lowest BCUT2D eigenvalue weighted by molar-refractivity contribution is -0.136. The average Bonchev–Trinajstić information content (AvgIpc) is 2.85. The van der Waals surface area contributed by atoms with Gasteiger partial charge in [-0.2, -0.15) is 0 Å². The van der Waals surface area contributed by atoms with Crippen LogP contribution in [0.4, 0.5) is 5.69 Å². The molecule has 2 amide bonds. The molecule has 3 atom stereocenters. The predicted molar refractivity (Wildman–Crippen MR) is 105 cm³/mol. The number of aliphatic hydroxyl groups excluding tert-OH is 1. The molecule has 0 bridgehead atoms. The number of nitrogens with one attached hydrogen (secondary N) is 2.